The first-order valence-electron chi connectivity index (χ1n) is 19.3. The minimum atomic E-state index is 0.684. The van der Waals surface area contributed by atoms with Gasteiger partial charge in [-0.25, -0.2) is 0 Å². The molecule has 0 fully saturated rings. The predicted octanol–water partition coefficient (Wildman–Crippen LogP) is 11.9. The van der Waals surface area contributed by atoms with Crippen molar-refractivity contribution in [2.75, 3.05) is 37.9 Å². The van der Waals surface area contributed by atoms with Crippen molar-refractivity contribution in [1.29, 1.82) is 0 Å². The third-order valence-electron chi connectivity index (χ3n) is 10.0. The molecular weight excluding hydrogens is 669 g/mol. The fraction of sp³-hybridized carbons (Fsp3) is 0.250. The van der Waals surface area contributed by atoms with E-state index in [1.807, 2.05) is 48.5 Å². The second-order valence-corrected chi connectivity index (χ2v) is 13.9. The van der Waals surface area contributed by atoms with Crippen LogP contribution in [0.4, 0.5) is 11.4 Å². The van der Waals surface area contributed by atoms with Gasteiger partial charge in [0.2, 0.25) is 0 Å². The molecule has 0 amide bonds. The monoisotopic (exact) mass is 718 g/mol. The van der Waals surface area contributed by atoms with Gasteiger partial charge in [-0.3, -0.25) is 0 Å². The van der Waals surface area contributed by atoms with E-state index < -0.39 is 0 Å². The topological polar surface area (TPSA) is 89.0 Å². The van der Waals surface area contributed by atoms with Crippen molar-refractivity contribution in [3.63, 3.8) is 0 Å². The summed E-state index contributed by atoms with van der Waals surface area (Å²) in [6.45, 7) is 2.73. The summed E-state index contributed by atoms with van der Waals surface area (Å²) in [5.41, 5.74) is 23.3. The molecule has 0 saturated carbocycles. The summed E-state index contributed by atoms with van der Waals surface area (Å²) in [5, 5.41) is 0. The highest BCUT2D eigenvalue weighted by Crippen LogP contribution is 2.37. The molecule has 4 N–H and O–H groups in total. The van der Waals surface area contributed by atoms with Crippen molar-refractivity contribution < 1.29 is 18.9 Å². The fourth-order valence-electron chi connectivity index (χ4n) is 6.94. The van der Waals surface area contributed by atoms with Crippen LogP contribution in [0.25, 0.3) is 44.5 Å². The quantitative estimate of drug-likeness (QED) is 0.152. The van der Waals surface area contributed by atoms with Crippen molar-refractivity contribution in [1.82, 2.24) is 0 Å². The highest BCUT2D eigenvalue weighted by atomic mass is 16.5. The number of hydrogen-bond acceptors (Lipinski definition) is 6. The normalized spacial score (nSPS) is 14.5. The minimum Gasteiger partial charge on any atom is -0.494 e. The molecule has 6 aromatic rings. The summed E-state index contributed by atoms with van der Waals surface area (Å²) in [5.74, 6) is 3.47. The van der Waals surface area contributed by atoms with Gasteiger partial charge in [-0.15, -0.1) is 0 Å². The van der Waals surface area contributed by atoms with Gasteiger partial charge in [0, 0.05) is 33.6 Å². The maximum absolute atomic E-state index is 6.74. The zero-order valence-electron chi connectivity index (χ0n) is 31.0. The third-order valence-corrected chi connectivity index (χ3v) is 10.0. The molecular formula is C48H50N2O4. The van der Waals surface area contributed by atoms with E-state index >= 15 is 0 Å². The Hall–Kier alpha value is -5.88. The SMILES string of the molecule is Nc1c2cccc1-c1ccc(cc1)OCCCCCCOc1ccc(cc1)-c1cccc(c1N)-c1ccc(cc1)OCCCCCCOc1ccc-2cc1. The van der Waals surface area contributed by atoms with Gasteiger partial charge in [-0.1, -0.05) is 84.9 Å². The predicted molar refractivity (Wildman–Crippen MR) is 222 cm³/mol. The lowest BCUT2D eigenvalue weighted by molar-refractivity contribution is 0.287. The van der Waals surface area contributed by atoms with Crippen molar-refractivity contribution >= 4 is 11.4 Å². The molecule has 0 radical (unpaired) electrons. The molecule has 13 rings (SSSR count). The van der Waals surface area contributed by atoms with E-state index in [-0.39, 0.29) is 0 Å². The van der Waals surface area contributed by atoms with Gasteiger partial charge in [0.05, 0.1) is 26.4 Å². The van der Waals surface area contributed by atoms with E-state index in [4.69, 9.17) is 30.4 Å². The Kier molecular flexibility index (Phi) is 12.3. The number of nitrogens with two attached hydrogens (primary N) is 2. The summed E-state index contributed by atoms with van der Waals surface area (Å²) < 4.78 is 24.2. The molecule has 0 unspecified atom stereocenters. The Labute approximate surface area is 319 Å². The second-order valence-electron chi connectivity index (χ2n) is 13.9. The number of benzene rings is 6. The van der Waals surface area contributed by atoms with Gasteiger partial charge >= 0.3 is 0 Å². The highest BCUT2D eigenvalue weighted by molar-refractivity contribution is 5.90. The molecule has 7 heterocycles. The number of para-hydroxylation sites is 2. The van der Waals surface area contributed by atoms with E-state index in [0.717, 1.165) is 130 Å². The third kappa shape index (κ3) is 9.37. The number of ether oxygens (including phenoxy) is 4. The van der Waals surface area contributed by atoms with Crippen LogP contribution >= 0.6 is 0 Å². The van der Waals surface area contributed by atoms with Crippen LogP contribution < -0.4 is 30.4 Å². The Morgan fingerprint density at radius 1 is 0.278 bits per heavy atom. The Bertz CT molecular complexity index is 1780. The summed E-state index contributed by atoms with van der Waals surface area (Å²) in [4.78, 5) is 0. The van der Waals surface area contributed by atoms with Gasteiger partial charge in [0.25, 0.3) is 0 Å². The van der Waals surface area contributed by atoms with Gasteiger partial charge in [0.15, 0.2) is 0 Å². The van der Waals surface area contributed by atoms with Crippen LogP contribution in [0.3, 0.4) is 0 Å². The Balaban J connectivity index is 0.996. The van der Waals surface area contributed by atoms with Crippen LogP contribution in [-0.2, 0) is 0 Å². The molecule has 6 aromatic carbocycles. The lowest BCUT2D eigenvalue weighted by atomic mass is 9.96. The Morgan fingerprint density at radius 2 is 0.500 bits per heavy atom. The second kappa shape index (κ2) is 18.2. The number of hydrogen-bond donors (Lipinski definition) is 2. The Morgan fingerprint density at radius 3 is 0.722 bits per heavy atom. The van der Waals surface area contributed by atoms with E-state index in [1.165, 1.54) is 0 Å². The van der Waals surface area contributed by atoms with Crippen LogP contribution in [-0.4, -0.2) is 26.4 Å². The van der Waals surface area contributed by atoms with Crippen LogP contribution in [0.1, 0.15) is 51.4 Å². The number of anilines is 2. The fourth-order valence-corrected chi connectivity index (χ4v) is 6.94. The van der Waals surface area contributed by atoms with Crippen LogP contribution in [0.2, 0.25) is 0 Å². The largest absolute Gasteiger partial charge is 0.494 e. The van der Waals surface area contributed by atoms with Gasteiger partial charge < -0.3 is 30.4 Å². The van der Waals surface area contributed by atoms with Gasteiger partial charge in [0.1, 0.15) is 23.0 Å². The van der Waals surface area contributed by atoms with Crippen LogP contribution in [0.5, 0.6) is 23.0 Å². The maximum atomic E-state index is 6.74. The first-order valence-corrected chi connectivity index (χ1v) is 19.3. The maximum Gasteiger partial charge on any atom is 0.119 e. The first-order chi connectivity index (χ1) is 26.6. The first kappa shape index (κ1) is 36.5. The van der Waals surface area contributed by atoms with E-state index in [0.29, 0.717) is 26.4 Å². The zero-order valence-corrected chi connectivity index (χ0v) is 31.0. The highest BCUT2D eigenvalue weighted by Gasteiger charge is 2.12. The molecule has 12 bridgehead atoms. The molecule has 276 valence electrons. The molecule has 0 saturated heterocycles. The molecule has 7 aliphatic rings. The summed E-state index contributed by atoms with van der Waals surface area (Å²) >= 11 is 0. The van der Waals surface area contributed by atoms with Crippen molar-refractivity contribution in [3.8, 4) is 67.5 Å². The molecule has 0 aliphatic carbocycles. The number of rotatable bonds is 0. The van der Waals surface area contributed by atoms with Gasteiger partial charge in [-0.05, 0) is 122 Å². The van der Waals surface area contributed by atoms with Crippen molar-refractivity contribution in [2.45, 2.75) is 51.4 Å². The minimum absolute atomic E-state index is 0.684. The van der Waals surface area contributed by atoms with E-state index in [2.05, 4.69) is 84.9 Å². The summed E-state index contributed by atoms with van der Waals surface area (Å²) in [6, 6.07) is 45.3. The number of nitrogen functional groups attached to an aromatic ring is 2. The molecule has 6 heteroatoms. The standard InChI is InChI=1S/C48H50N2O4/c49-47-43-11-9-13-45(47)37-19-27-41(28-20-37)53-33-7-3-4-8-34-54-42-29-21-38(22-30-42)46-14-10-12-44(48(46)50)36-17-25-40(26-18-36)52-32-6-2-1-5-31-51-39-23-15-35(43)16-24-39/h9-30H,1-8,31-34,49-50H2. The van der Waals surface area contributed by atoms with E-state index in [9.17, 15) is 0 Å². The molecule has 54 heavy (non-hydrogen) atoms. The smallest absolute Gasteiger partial charge is 0.119 e. The molecule has 0 aromatic heterocycles. The van der Waals surface area contributed by atoms with E-state index in [1.54, 1.807) is 0 Å². The average molecular weight is 719 g/mol. The summed E-state index contributed by atoms with van der Waals surface area (Å²) in [6.07, 6.45) is 8.32. The van der Waals surface area contributed by atoms with Crippen LogP contribution in [0, 0.1) is 0 Å². The van der Waals surface area contributed by atoms with Gasteiger partial charge in [-0.2, -0.15) is 0 Å². The average Bonchev–Trinajstić information content (AvgIpc) is 3.21. The molecule has 7 aliphatic heterocycles. The zero-order chi connectivity index (χ0) is 37.0. The molecule has 0 spiro atoms. The lowest BCUT2D eigenvalue weighted by Crippen LogP contribution is -2.00. The van der Waals surface area contributed by atoms with Crippen LogP contribution in [0.15, 0.2) is 133 Å². The lowest BCUT2D eigenvalue weighted by Gasteiger charge is -2.14. The molecule has 6 nitrogen and oxygen atoms in total. The summed E-state index contributed by atoms with van der Waals surface area (Å²) in [7, 11) is 0. The van der Waals surface area contributed by atoms with Crippen molar-refractivity contribution in [2.24, 2.45) is 0 Å². The van der Waals surface area contributed by atoms with Crippen molar-refractivity contribution in [3.05, 3.63) is 133 Å². The molecule has 0 atom stereocenters.